The van der Waals surface area contributed by atoms with Crippen molar-refractivity contribution in [3.63, 3.8) is 0 Å². The summed E-state index contributed by atoms with van der Waals surface area (Å²) in [5, 5.41) is 0. The van der Waals surface area contributed by atoms with Crippen molar-refractivity contribution in [1.82, 2.24) is 0 Å². The predicted molar refractivity (Wildman–Crippen MR) is 55.7 cm³/mol. The lowest BCUT2D eigenvalue weighted by atomic mass is 10.0. The highest BCUT2D eigenvalue weighted by molar-refractivity contribution is 6.78. The third-order valence-corrected chi connectivity index (χ3v) is 7.15. The summed E-state index contributed by atoms with van der Waals surface area (Å²) in [5.41, 5.74) is 2.93. The number of hydrogen-bond acceptors (Lipinski definition) is 1. The second-order valence-corrected chi connectivity index (χ2v) is 7.93. The standard InChI is InChI=1S/C10H20OSi/c1-4-12(3,11-2)10-8-6-5-7-9-10/h4,10H,1,5-9H2,2-3H3. The van der Waals surface area contributed by atoms with E-state index in [1.165, 1.54) is 32.1 Å². The molecule has 0 aliphatic heterocycles. The molecule has 0 aromatic rings. The minimum atomic E-state index is -1.53. The van der Waals surface area contributed by atoms with Crippen LogP contribution in [0.3, 0.4) is 0 Å². The minimum Gasteiger partial charge on any atom is -0.416 e. The molecule has 70 valence electrons. The van der Waals surface area contributed by atoms with Crippen LogP contribution in [0.2, 0.25) is 12.1 Å². The van der Waals surface area contributed by atoms with Crippen LogP contribution in [0.25, 0.3) is 0 Å². The quantitative estimate of drug-likeness (QED) is 0.612. The maximum Gasteiger partial charge on any atom is 0.216 e. The third kappa shape index (κ3) is 1.99. The molecular formula is C10H20OSi. The van der Waals surface area contributed by atoms with Gasteiger partial charge in [-0.15, -0.1) is 6.58 Å². The van der Waals surface area contributed by atoms with Crippen LogP contribution in [0, 0.1) is 0 Å². The molecule has 0 N–H and O–H groups in total. The predicted octanol–water partition coefficient (Wildman–Crippen LogP) is 3.27. The molecule has 1 rings (SSSR count). The van der Waals surface area contributed by atoms with Gasteiger partial charge in [0, 0.05) is 7.11 Å². The van der Waals surface area contributed by atoms with Gasteiger partial charge in [0.05, 0.1) is 0 Å². The van der Waals surface area contributed by atoms with E-state index in [9.17, 15) is 0 Å². The van der Waals surface area contributed by atoms with Gasteiger partial charge in [-0.3, -0.25) is 0 Å². The first-order chi connectivity index (χ1) is 5.73. The van der Waals surface area contributed by atoms with Crippen molar-refractivity contribution >= 4 is 8.32 Å². The van der Waals surface area contributed by atoms with Crippen LogP contribution >= 0.6 is 0 Å². The summed E-state index contributed by atoms with van der Waals surface area (Å²) < 4.78 is 5.65. The zero-order valence-corrected chi connectivity index (χ0v) is 9.31. The molecule has 1 saturated carbocycles. The molecule has 0 amide bonds. The zero-order valence-electron chi connectivity index (χ0n) is 8.31. The molecule has 0 radical (unpaired) electrons. The van der Waals surface area contributed by atoms with Gasteiger partial charge in [0.1, 0.15) is 0 Å². The maximum absolute atomic E-state index is 5.65. The fourth-order valence-electron chi connectivity index (χ4n) is 2.09. The van der Waals surface area contributed by atoms with Gasteiger partial charge in [0.2, 0.25) is 8.32 Å². The summed E-state index contributed by atoms with van der Waals surface area (Å²) in [4.78, 5) is 0. The second-order valence-electron chi connectivity index (χ2n) is 3.93. The molecule has 0 spiro atoms. The number of hydrogen-bond donors (Lipinski definition) is 0. The summed E-state index contributed by atoms with van der Waals surface area (Å²) in [5.74, 6) is 0. The van der Waals surface area contributed by atoms with Gasteiger partial charge in [0.15, 0.2) is 0 Å². The largest absolute Gasteiger partial charge is 0.416 e. The lowest BCUT2D eigenvalue weighted by Crippen LogP contribution is -2.38. The van der Waals surface area contributed by atoms with Crippen molar-refractivity contribution in [2.75, 3.05) is 7.11 Å². The summed E-state index contributed by atoms with van der Waals surface area (Å²) >= 11 is 0. The fraction of sp³-hybridized carbons (Fsp3) is 0.800. The van der Waals surface area contributed by atoms with Crippen molar-refractivity contribution in [2.24, 2.45) is 0 Å². The van der Waals surface area contributed by atoms with Gasteiger partial charge in [-0.1, -0.05) is 37.8 Å². The molecule has 1 aliphatic rings. The lowest BCUT2D eigenvalue weighted by molar-refractivity contribution is 0.368. The Morgan fingerprint density at radius 3 is 2.33 bits per heavy atom. The topological polar surface area (TPSA) is 9.23 Å². The molecule has 0 aromatic heterocycles. The highest BCUT2D eigenvalue weighted by atomic mass is 28.4. The van der Waals surface area contributed by atoms with Crippen LogP contribution in [0.5, 0.6) is 0 Å². The van der Waals surface area contributed by atoms with E-state index < -0.39 is 8.32 Å². The Bertz CT molecular complexity index is 152. The van der Waals surface area contributed by atoms with Crippen LogP contribution in [0.1, 0.15) is 32.1 Å². The molecule has 0 heterocycles. The highest BCUT2D eigenvalue weighted by Crippen LogP contribution is 2.37. The van der Waals surface area contributed by atoms with Gasteiger partial charge in [-0.2, -0.15) is 0 Å². The van der Waals surface area contributed by atoms with E-state index in [2.05, 4.69) is 18.8 Å². The lowest BCUT2D eigenvalue weighted by Gasteiger charge is -2.33. The van der Waals surface area contributed by atoms with Crippen molar-refractivity contribution in [1.29, 1.82) is 0 Å². The minimum absolute atomic E-state index is 0.828. The molecular weight excluding hydrogens is 164 g/mol. The smallest absolute Gasteiger partial charge is 0.216 e. The van der Waals surface area contributed by atoms with Crippen molar-refractivity contribution in [3.8, 4) is 0 Å². The van der Waals surface area contributed by atoms with Crippen LogP contribution < -0.4 is 0 Å². The maximum atomic E-state index is 5.65. The van der Waals surface area contributed by atoms with E-state index in [0.717, 1.165) is 5.54 Å². The molecule has 2 heteroatoms. The average molecular weight is 184 g/mol. The highest BCUT2D eigenvalue weighted by Gasteiger charge is 2.35. The molecule has 1 fully saturated rings. The molecule has 1 atom stereocenters. The molecule has 1 nitrogen and oxygen atoms in total. The van der Waals surface area contributed by atoms with Gasteiger partial charge in [0.25, 0.3) is 0 Å². The van der Waals surface area contributed by atoms with Gasteiger partial charge in [-0.05, 0) is 12.1 Å². The van der Waals surface area contributed by atoms with E-state index >= 15 is 0 Å². The van der Waals surface area contributed by atoms with Crippen LogP contribution in [0.4, 0.5) is 0 Å². The summed E-state index contributed by atoms with van der Waals surface area (Å²) in [6, 6.07) is 0. The molecule has 0 bridgehead atoms. The Kier molecular flexibility index (Phi) is 3.53. The number of rotatable bonds is 3. The Morgan fingerprint density at radius 1 is 1.33 bits per heavy atom. The van der Waals surface area contributed by atoms with E-state index in [0.29, 0.717) is 0 Å². The molecule has 0 saturated heterocycles. The first-order valence-corrected chi connectivity index (χ1v) is 7.48. The Labute approximate surface area is 76.9 Å². The van der Waals surface area contributed by atoms with Gasteiger partial charge in [-0.25, -0.2) is 0 Å². The Balaban J connectivity index is 2.57. The van der Waals surface area contributed by atoms with Gasteiger partial charge >= 0.3 is 0 Å². The van der Waals surface area contributed by atoms with Crippen molar-refractivity contribution in [2.45, 2.75) is 44.2 Å². The van der Waals surface area contributed by atoms with E-state index in [-0.39, 0.29) is 0 Å². The second kappa shape index (κ2) is 4.24. The van der Waals surface area contributed by atoms with E-state index in [1.807, 2.05) is 7.11 Å². The van der Waals surface area contributed by atoms with Crippen LogP contribution in [-0.4, -0.2) is 15.4 Å². The van der Waals surface area contributed by atoms with E-state index in [1.54, 1.807) is 0 Å². The molecule has 0 aromatic carbocycles. The third-order valence-electron chi connectivity index (χ3n) is 3.26. The summed E-state index contributed by atoms with van der Waals surface area (Å²) in [7, 11) is 0.317. The SMILES string of the molecule is C=C[Si](C)(OC)C1CCCCC1. The van der Waals surface area contributed by atoms with Crippen molar-refractivity contribution < 1.29 is 4.43 Å². The average Bonchev–Trinajstić information content (AvgIpc) is 2.18. The van der Waals surface area contributed by atoms with Crippen LogP contribution in [-0.2, 0) is 4.43 Å². The summed E-state index contributed by atoms with van der Waals surface area (Å²) in [6.07, 6.45) is 6.93. The first kappa shape index (κ1) is 10.0. The zero-order chi connectivity index (χ0) is 9.03. The van der Waals surface area contributed by atoms with Gasteiger partial charge < -0.3 is 4.43 Å². The molecule has 12 heavy (non-hydrogen) atoms. The van der Waals surface area contributed by atoms with Crippen LogP contribution in [0.15, 0.2) is 12.3 Å². The van der Waals surface area contributed by atoms with Crippen molar-refractivity contribution in [3.05, 3.63) is 12.3 Å². The Morgan fingerprint density at radius 2 is 1.92 bits per heavy atom. The fourth-order valence-corrected chi connectivity index (χ4v) is 4.48. The monoisotopic (exact) mass is 184 g/mol. The normalized spacial score (nSPS) is 24.8. The first-order valence-electron chi connectivity index (χ1n) is 4.91. The van der Waals surface area contributed by atoms with E-state index in [4.69, 9.17) is 4.43 Å². The summed E-state index contributed by atoms with van der Waals surface area (Å²) in [6.45, 7) is 6.20. The molecule has 1 unspecified atom stereocenters. The Hall–Kier alpha value is -0.0831. The molecule has 1 aliphatic carbocycles.